The number of anilines is 1. The molecule has 0 saturated heterocycles. The van der Waals surface area contributed by atoms with E-state index in [1.54, 1.807) is 7.11 Å². The van der Waals surface area contributed by atoms with Crippen LogP contribution in [0.1, 0.15) is 11.1 Å². The molecule has 2 aromatic rings. The first-order valence-corrected chi connectivity index (χ1v) is 6.46. The Bertz CT molecular complexity index is 543. The largest absolute Gasteiger partial charge is 0.496 e. The molecule has 0 aliphatic carbocycles. The van der Waals surface area contributed by atoms with Gasteiger partial charge in [-0.05, 0) is 36.8 Å². The minimum Gasteiger partial charge on any atom is -0.496 e. The van der Waals surface area contributed by atoms with Gasteiger partial charge in [0.25, 0.3) is 0 Å². The van der Waals surface area contributed by atoms with E-state index in [1.807, 2.05) is 31.5 Å². The topological polar surface area (TPSA) is 34.1 Å². The van der Waals surface area contributed by atoms with E-state index in [2.05, 4.69) is 38.4 Å². The molecular weight excluding hydrogens is 292 g/mol. The Morgan fingerprint density at radius 1 is 1.28 bits per heavy atom. The van der Waals surface area contributed by atoms with Crippen molar-refractivity contribution >= 4 is 21.6 Å². The Labute approximate surface area is 115 Å². The molecule has 4 heteroatoms. The smallest absolute Gasteiger partial charge is 0.123 e. The van der Waals surface area contributed by atoms with E-state index in [9.17, 15) is 0 Å². The fourth-order valence-electron chi connectivity index (χ4n) is 1.73. The summed E-state index contributed by atoms with van der Waals surface area (Å²) in [5.41, 5.74) is 3.26. The molecule has 0 amide bonds. The summed E-state index contributed by atoms with van der Waals surface area (Å²) < 4.78 is 6.38. The molecule has 1 N–H and O–H groups in total. The van der Waals surface area contributed by atoms with E-state index < -0.39 is 0 Å². The predicted octanol–water partition coefficient (Wildman–Crippen LogP) is 3.77. The number of aromatic nitrogens is 1. The van der Waals surface area contributed by atoms with Crippen LogP contribution < -0.4 is 10.1 Å². The van der Waals surface area contributed by atoms with Gasteiger partial charge in [-0.25, -0.2) is 0 Å². The third kappa shape index (κ3) is 3.23. The summed E-state index contributed by atoms with van der Waals surface area (Å²) in [7, 11) is 1.68. The average Bonchev–Trinajstić information content (AvgIpc) is 2.37. The van der Waals surface area contributed by atoms with E-state index in [-0.39, 0.29) is 0 Å². The highest BCUT2D eigenvalue weighted by atomic mass is 79.9. The molecule has 1 aromatic heterocycles. The molecule has 0 spiro atoms. The Morgan fingerprint density at radius 2 is 2.11 bits per heavy atom. The van der Waals surface area contributed by atoms with Crippen molar-refractivity contribution in [3.8, 4) is 5.75 Å². The standard InChI is InChI=1S/C14H15BrN2O/c1-10-5-13(9-16-7-10)17-8-11-6-12(15)3-4-14(11)18-2/h3-7,9,17H,8H2,1-2H3. The lowest BCUT2D eigenvalue weighted by molar-refractivity contribution is 0.410. The highest BCUT2D eigenvalue weighted by molar-refractivity contribution is 9.10. The molecule has 0 aliphatic rings. The van der Waals surface area contributed by atoms with Gasteiger partial charge in [-0.15, -0.1) is 0 Å². The van der Waals surface area contributed by atoms with Crippen LogP contribution in [-0.4, -0.2) is 12.1 Å². The van der Waals surface area contributed by atoms with Crippen LogP contribution >= 0.6 is 15.9 Å². The Balaban J connectivity index is 2.12. The van der Waals surface area contributed by atoms with E-state index in [0.717, 1.165) is 27.0 Å². The summed E-state index contributed by atoms with van der Waals surface area (Å²) in [4.78, 5) is 4.15. The lowest BCUT2D eigenvalue weighted by Crippen LogP contribution is -2.02. The molecule has 0 unspecified atom stereocenters. The second-order valence-corrected chi connectivity index (χ2v) is 4.98. The van der Waals surface area contributed by atoms with Crippen molar-refractivity contribution in [3.63, 3.8) is 0 Å². The van der Waals surface area contributed by atoms with Crippen LogP contribution in [0.3, 0.4) is 0 Å². The fraction of sp³-hybridized carbons (Fsp3) is 0.214. The summed E-state index contributed by atoms with van der Waals surface area (Å²) in [6.07, 6.45) is 3.66. The maximum atomic E-state index is 5.34. The first-order chi connectivity index (χ1) is 8.69. The molecule has 0 saturated carbocycles. The number of ether oxygens (including phenoxy) is 1. The zero-order valence-corrected chi connectivity index (χ0v) is 12.0. The number of halogens is 1. The van der Waals surface area contributed by atoms with Crippen molar-refractivity contribution in [3.05, 3.63) is 52.3 Å². The summed E-state index contributed by atoms with van der Waals surface area (Å²) >= 11 is 3.47. The lowest BCUT2D eigenvalue weighted by Gasteiger charge is -2.11. The minimum absolute atomic E-state index is 0.702. The number of hydrogen-bond donors (Lipinski definition) is 1. The van der Waals surface area contributed by atoms with Gasteiger partial charge in [0.05, 0.1) is 12.8 Å². The van der Waals surface area contributed by atoms with Gasteiger partial charge in [-0.3, -0.25) is 4.98 Å². The van der Waals surface area contributed by atoms with E-state index in [1.165, 1.54) is 0 Å². The summed E-state index contributed by atoms with van der Waals surface area (Å²) in [5, 5.41) is 3.34. The van der Waals surface area contributed by atoms with Crippen molar-refractivity contribution in [1.29, 1.82) is 0 Å². The van der Waals surface area contributed by atoms with Crippen molar-refractivity contribution < 1.29 is 4.74 Å². The van der Waals surface area contributed by atoms with Crippen LogP contribution in [0.5, 0.6) is 5.75 Å². The first-order valence-electron chi connectivity index (χ1n) is 5.67. The molecule has 3 nitrogen and oxygen atoms in total. The van der Waals surface area contributed by atoms with Gasteiger partial charge in [-0.1, -0.05) is 15.9 Å². The summed E-state index contributed by atoms with van der Waals surface area (Å²) in [5.74, 6) is 0.881. The minimum atomic E-state index is 0.702. The molecule has 94 valence electrons. The SMILES string of the molecule is COc1ccc(Br)cc1CNc1cncc(C)c1. The van der Waals surface area contributed by atoms with Crippen LogP contribution in [0.4, 0.5) is 5.69 Å². The Hall–Kier alpha value is -1.55. The van der Waals surface area contributed by atoms with E-state index in [0.29, 0.717) is 6.54 Å². The fourth-order valence-corrected chi connectivity index (χ4v) is 2.14. The first kappa shape index (κ1) is 12.9. The predicted molar refractivity (Wildman–Crippen MR) is 77.0 cm³/mol. The van der Waals surface area contributed by atoms with Crippen molar-refractivity contribution in [2.24, 2.45) is 0 Å². The summed E-state index contributed by atoms with van der Waals surface area (Å²) in [6, 6.07) is 8.04. The van der Waals surface area contributed by atoms with E-state index in [4.69, 9.17) is 4.74 Å². The van der Waals surface area contributed by atoms with Gasteiger partial charge in [0.2, 0.25) is 0 Å². The van der Waals surface area contributed by atoms with Crippen LogP contribution in [0.25, 0.3) is 0 Å². The lowest BCUT2D eigenvalue weighted by atomic mass is 10.2. The number of rotatable bonds is 4. The maximum absolute atomic E-state index is 5.34. The van der Waals surface area contributed by atoms with Crippen LogP contribution in [0.2, 0.25) is 0 Å². The van der Waals surface area contributed by atoms with E-state index >= 15 is 0 Å². The number of pyridine rings is 1. The molecule has 1 aromatic carbocycles. The van der Waals surface area contributed by atoms with Crippen molar-refractivity contribution in [1.82, 2.24) is 4.98 Å². The van der Waals surface area contributed by atoms with Crippen molar-refractivity contribution in [2.45, 2.75) is 13.5 Å². The highest BCUT2D eigenvalue weighted by Crippen LogP contribution is 2.23. The third-order valence-electron chi connectivity index (χ3n) is 2.60. The number of hydrogen-bond acceptors (Lipinski definition) is 3. The van der Waals surface area contributed by atoms with Crippen LogP contribution in [0, 0.1) is 6.92 Å². The zero-order valence-electron chi connectivity index (χ0n) is 10.4. The molecular formula is C14H15BrN2O. The molecule has 1 heterocycles. The van der Waals surface area contributed by atoms with Gasteiger partial charge in [-0.2, -0.15) is 0 Å². The third-order valence-corrected chi connectivity index (χ3v) is 3.09. The average molecular weight is 307 g/mol. The maximum Gasteiger partial charge on any atom is 0.123 e. The molecule has 0 radical (unpaired) electrons. The Morgan fingerprint density at radius 3 is 2.83 bits per heavy atom. The number of methoxy groups -OCH3 is 1. The second kappa shape index (κ2) is 5.87. The molecule has 0 bridgehead atoms. The monoisotopic (exact) mass is 306 g/mol. The number of benzene rings is 1. The molecule has 0 fully saturated rings. The molecule has 0 atom stereocenters. The molecule has 18 heavy (non-hydrogen) atoms. The van der Waals surface area contributed by atoms with Crippen molar-refractivity contribution in [2.75, 3.05) is 12.4 Å². The highest BCUT2D eigenvalue weighted by Gasteiger charge is 2.03. The Kier molecular flexibility index (Phi) is 4.20. The van der Waals surface area contributed by atoms with Crippen LogP contribution in [-0.2, 0) is 6.54 Å². The second-order valence-electron chi connectivity index (χ2n) is 4.06. The molecule has 2 rings (SSSR count). The summed E-state index contributed by atoms with van der Waals surface area (Å²) in [6.45, 7) is 2.73. The zero-order chi connectivity index (χ0) is 13.0. The number of nitrogens with zero attached hydrogens (tertiary/aromatic N) is 1. The normalized spacial score (nSPS) is 10.2. The quantitative estimate of drug-likeness (QED) is 0.933. The van der Waals surface area contributed by atoms with Gasteiger partial charge in [0.1, 0.15) is 5.75 Å². The van der Waals surface area contributed by atoms with Crippen LogP contribution in [0.15, 0.2) is 41.1 Å². The van der Waals surface area contributed by atoms with Gasteiger partial charge < -0.3 is 10.1 Å². The van der Waals surface area contributed by atoms with Gasteiger partial charge in [0.15, 0.2) is 0 Å². The number of nitrogens with one attached hydrogen (secondary N) is 1. The van der Waals surface area contributed by atoms with Gasteiger partial charge in [0, 0.05) is 29.0 Å². The number of aryl methyl sites for hydroxylation is 1. The van der Waals surface area contributed by atoms with Gasteiger partial charge >= 0.3 is 0 Å². The molecule has 0 aliphatic heterocycles.